The van der Waals surface area contributed by atoms with Crippen LogP contribution in [-0.4, -0.2) is 16.5 Å². The molecule has 96 valence electrons. The number of rotatable bonds is 1. The van der Waals surface area contributed by atoms with Gasteiger partial charge in [0, 0.05) is 6.08 Å². The summed E-state index contributed by atoms with van der Waals surface area (Å²) in [5.74, 6) is -0.665. The zero-order valence-corrected chi connectivity index (χ0v) is 10.5. The minimum Gasteiger partial charge on any atom is -0.289 e. The largest absolute Gasteiger partial charge is 0.316 e. The third-order valence-corrected chi connectivity index (χ3v) is 2.95. The smallest absolute Gasteiger partial charge is 0.289 e. The highest BCUT2D eigenvalue weighted by molar-refractivity contribution is 6.10. The molecule has 0 bridgehead atoms. The molecule has 0 fully saturated rings. The van der Waals surface area contributed by atoms with E-state index in [1.165, 1.54) is 18.2 Å². The highest BCUT2D eigenvalue weighted by Crippen LogP contribution is 2.25. The quantitative estimate of drug-likeness (QED) is 0.532. The first-order valence-corrected chi connectivity index (χ1v) is 5.64. The van der Waals surface area contributed by atoms with E-state index in [4.69, 9.17) is 0 Å². The molecular weight excluding hydrogens is 246 g/mol. The van der Waals surface area contributed by atoms with Gasteiger partial charge in [0.2, 0.25) is 0 Å². The molecule has 0 N–H and O–H groups in total. The molecule has 0 unspecified atom stereocenters. The van der Waals surface area contributed by atoms with Crippen LogP contribution in [0.5, 0.6) is 0 Å². The molecule has 0 saturated heterocycles. The van der Waals surface area contributed by atoms with Crippen molar-refractivity contribution in [3.63, 3.8) is 0 Å². The number of allylic oxidation sites excluding steroid dienone is 9. The van der Waals surface area contributed by atoms with Crippen molar-refractivity contribution in [1.82, 2.24) is 0 Å². The Balaban J connectivity index is 2.55. The van der Waals surface area contributed by atoms with Crippen LogP contribution in [0.3, 0.4) is 0 Å². The van der Waals surface area contributed by atoms with Crippen LogP contribution in [0.25, 0.3) is 0 Å². The van der Waals surface area contributed by atoms with E-state index in [2.05, 4.69) is 0 Å². The number of Topliss-reactive ketones (excluding diaryl/α,β-unsaturated/α-hetero) is 1. The summed E-state index contributed by atoms with van der Waals surface area (Å²) < 4.78 is 0. The summed E-state index contributed by atoms with van der Waals surface area (Å²) in [7, 11) is 0. The summed E-state index contributed by atoms with van der Waals surface area (Å²) >= 11 is 0. The van der Waals surface area contributed by atoms with Gasteiger partial charge in [-0.1, -0.05) is 0 Å². The third kappa shape index (κ3) is 2.35. The van der Waals surface area contributed by atoms with Gasteiger partial charge in [-0.05, 0) is 60.4 Å². The Morgan fingerprint density at radius 1 is 0.947 bits per heavy atom. The molecule has 0 saturated carbocycles. The van der Waals surface area contributed by atoms with Crippen molar-refractivity contribution in [3.05, 3.63) is 68.5 Å². The molecule has 5 heteroatoms. The van der Waals surface area contributed by atoms with Gasteiger partial charge in [-0.3, -0.25) is 19.7 Å². The first-order valence-electron chi connectivity index (χ1n) is 5.64. The summed E-state index contributed by atoms with van der Waals surface area (Å²) in [6.07, 6.45) is 7.26. The van der Waals surface area contributed by atoms with Gasteiger partial charge in [-0.25, -0.2) is 0 Å². The number of nitro groups is 1. The monoisotopic (exact) mass is 257 g/mol. The minimum absolute atomic E-state index is 0.0429. The molecule has 0 spiro atoms. The van der Waals surface area contributed by atoms with E-state index in [0.29, 0.717) is 22.3 Å². The summed E-state index contributed by atoms with van der Waals surface area (Å²) in [5, 5.41) is 10.7. The summed E-state index contributed by atoms with van der Waals surface area (Å²) in [6.45, 7) is 3.38. The fourth-order valence-electron chi connectivity index (χ4n) is 1.96. The van der Waals surface area contributed by atoms with E-state index in [-0.39, 0.29) is 5.78 Å². The van der Waals surface area contributed by atoms with Gasteiger partial charge in [-0.2, -0.15) is 0 Å². The Kier molecular flexibility index (Phi) is 3.12. The van der Waals surface area contributed by atoms with E-state index in [1.54, 1.807) is 26.0 Å². The van der Waals surface area contributed by atoms with Gasteiger partial charge in [0.05, 0.1) is 4.92 Å². The second-order valence-electron chi connectivity index (χ2n) is 4.38. The van der Waals surface area contributed by atoms with Gasteiger partial charge in [-0.15, -0.1) is 0 Å². The van der Waals surface area contributed by atoms with Crippen molar-refractivity contribution >= 4 is 11.6 Å². The lowest BCUT2D eigenvalue weighted by atomic mass is 9.91. The van der Waals surface area contributed by atoms with E-state index in [0.717, 1.165) is 0 Å². The number of carbonyl (C=O) groups is 2. The third-order valence-electron chi connectivity index (χ3n) is 2.95. The first kappa shape index (κ1) is 12.9. The van der Waals surface area contributed by atoms with Crippen LogP contribution in [0, 0.1) is 10.1 Å². The molecule has 0 aliphatic heterocycles. The van der Waals surface area contributed by atoms with E-state index in [1.807, 2.05) is 0 Å². The fraction of sp³-hybridized carbons (Fsp3) is 0.143. The average molecular weight is 257 g/mol. The lowest BCUT2D eigenvalue weighted by molar-refractivity contribution is -0.418. The molecule has 2 aliphatic rings. The molecule has 2 rings (SSSR count). The molecule has 0 atom stereocenters. The molecule has 0 aromatic rings. The molecule has 2 aliphatic carbocycles. The van der Waals surface area contributed by atoms with Crippen LogP contribution in [0.2, 0.25) is 0 Å². The zero-order chi connectivity index (χ0) is 14.2. The SMILES string of the molecule is CC1=CC(=C2C=CC(=O)C([N+](=O)[O-])=C2)C=C(C)C1=O. The Labute approximate surface area is 109 Å². The van der Waals surface area contributed by atoms with E-state index in [9.17, 15) is 19.7 Å². The molecule has 0 amide bonds. The van der Waals surface area contributed by atoms with Crippen LogP contribution < -0.4 is 0 Å². The molecule has 0 aromatic carbocycles. The standard InChI is InChI=1S/C14H11NO4/c1-8-5-11(6-9(2)14(8)17)10-3-4-13(16)12(7-10)15(18)19/h3-7H,1-2H3. The topological polar surface area (TPSA) is 77.3 Å². The van der Waals surface area contributed by atoms with Crippen molar-refractivity contribution in [2.45, 2.75) is 13.8 Å². The number of hydrogen-bond donors (Lipinski definition) is 0. The molecule has 0 radical (unpaired) electrons. The molecule has 5 nitrogen and oxygen atoms in total. The first-order chi connectivity index (χ1) is 8.90. The van der Waals surface area contributed by atoms with Crippen molar-refractivity contribution in [3.8, 4) is 0 Å². The predicted octanol–water partition coefficient (Wildman–Crippen LogP) is 2.06. The van der Waals surface area contributed by atoms with Crippen molar-refractivity contribution in [2.24, 2.45) is 0 Å². The minimum atomic E-state index is -0.701. The van der Waals surface area contributed by atoms with Crippen LogP contribution >= 0.6 is 0 Å². The lowest BCUT2D eigenvalue weighted by Crippen LogP contribution is -2.13. The van der Waals surface area contributed by atoms with Gasteiger partial charge >= 0.3 is 5.70 Å². The summed E-state index contributed by atoms with van der Waals surface area (Å²) in [6, 6.07) is 0. The zero-order valence-electron chi connectivity index (χ0n) is 10.5. The second kappa shape index (κ2) is 4.61. The van der Waals surface area contributed by atoms with Gasteiger partial charge < -0.3 is 0 Å². The molecule has 0 aromatic heterocycles. The molecule has 0 heterocycles. The number of carbonyl (C=O) groups excluding carboxylic acids is 2. The van der Waals surface area contributed by atoms with Crippen LogP contribution in [-0.2, 0) is 9.59 Å². The van der Waals surface area contributed by atoms with Gasteiger partial charge in [0.1, 0.15) is 0 Å². The van der Waals surface area contributed by atoms with Gasteiger partial charge in [0.25, 0.3) is 5.78 Å². The average Bonchev–Trinajstić information content (AvgIpc) is 2.35. The lowest BCUT2D eigenvalue weighted by Gasteiger charge is -2.12. The van der Waals surface area contributed by atoms with Crippen LogP contribution in [0.1, 0.15) is 13.8 Å². The van der Waals surface area contributed by atoms with Gasteiger partial charge in [0.15, 0.2) is 5.78 Å². The maximum atomic E-state index is 11.6. The maximum absolute atomic E-state index is 11.6. The Morgan fingerprint density at radius 3 is 2.05 bits per heavy atom. The number of nitrogens with zero attached hydrogens (tertiary/aromatic N) is 1. The van der Waals surface area contributed by atoms with Crippen molar-refractivity contribution in [1.29, 1.82) is 0 Å². The maximum Gasteiger partial charge on any atom is 0.316 e. The summed E-state index contributed by atoms with van der Waals surface area (Å²) in [4.78, 5) is 33.0. The van der Waals surface area contributed by atoms with E-state index >= 15 is 0 Å². The Hall–Kier alpha value is -2.56. The van der Waals surface area contributed by atoms with Crippen LogP contribution in [0.4, 0.5) is 0 Å². The molecule has 19 heavy (non-hydrogen) atoms. The molecular formula is C14H11NO4. The van der Waals surface area contributed by atoms with Crippen molar-refractivity contribution in [2.75, 3.05) is 0 Å². The normalized spacial score (nSPS) is 19.2. The predicted molar refractivity (Wildman–Crippen MR) is 68.8 cm³/mol. The van der Waals surface area contributed by atoms with Crippen LogP contribution in [0.15, 0.2) is 58.4 Å². The van der Waals surface area contributed by atoms with Crippen molar-refractivity contribution < 1.29 is 14.5 Å². The Morgan fingerprint density at radius 2 is 1.53 bits per heavy atom. The second-order valence-corrected chi connectivity index (χ2v) is 4.38. The number of hydrogen-bond acceptors (Lipinski definition) is 4. The Bertz CT molecular complexity index is 633. The fourth-order valence-corrected chi connectivity index (χ4v) is 1.96. The highest BCUT2D eigenvalue weighted by Gasteiger charge is 2.24. The summed E-state index contributed by atoms with van der Waals surface area (Å²) in [5.41, 5.74) is 1.93. The highest BCUT2D eigenvalue weighted by atomic mass is 16.6. The number of ketones is 2. The van der Waals surface area contributed by atoms with E-state index < -0.39 is 16.4 Å².